The Kier molecular flexibility index (Phi) is 4.42. The fourth-order valence-corrected chi connectivity index (χ4v) is 2.70. The van der Waals surface area contributed by atoms with Crippen LogP contribution in [0.1, 0.15) is 44.4 Å². The van der Waals surface area contributed by atoms with E-state index in [0.29, 0.717) is 11.8 Å². The topological polar surface area (TPSA) is 56.6 Å². The lowest BCUT2D eigenvalue weighted by Gasteiger charge is -2.27. The van der Waals surface area contributed by atoms with Crippen LogP contribution in [-0.2, 0) is 6.61 Å². The molecule has 0 radical (unpaired) electrons. The van der Waals surface area contributed by atoms with E-state index in [2.05, 4.69) is 25.7 Å². The largest absolute Gasteiger partial charge is 0.394 e. The molecule has 1 fully saturated rings. The summed E-state index contributed by atoms with van der Waals surface area (Å²) in [4.78, 5) is 6.88. The summed E-state index contributed by atoms with van der Waals surface area (Å²) in [6.45, 7) is 7.48. The van der Waals surface area contributed by atoms with E-state index in [1.54, 1.807) is 0 Å². The standard InChI is InChI=1S/C15H24N2O2/c1-10(2)13-6-12(8-18)7-15(16-13)17-5-4-11(3)14(17)9-19/h6-7,10-11,14,18-19H,4-5,8-9H2,1-3H3. The summed E-state index contributed by atoms with van der Waals surface area (Å²) in [6.07, 6.45) is 1.08. The van der Waals surface area contributed by atoms with Gasteiger partial charge in [-0.25, -0.2) is 4.98 Å². The van der Waals surface area contributed by atoms with Gasteiger partial charge in [0.2, 0.25) is 0 Å². The minimum absolute atomic E-state index is 0.0302. The van der Waals surface area contributed by atoms with Crippen LogP contribution < -0.4 is 4.90 Å². The highest BCUT2D eigenvalue weighted by Gasteiger charge is 2.31. The van der Waals surface area contributed by atoms with Crippen molar-refractivity contribution in [2.24, 2.45) is 5.92 Å². The van der Waals surface area contributed by atoms with Crippen molar-refractivity contribution in [3.63, 3.8) is 0 Å². The van der Waals surface area contributed by atoms with Gasteiger partial charge in [-0.15, -0.1) is 0 Å². The smallest absolute Gasteiger partial charge is 0.129 e. The Bertz CT molecular complexity index is 434. The number of aliphatic hydroxyl groups is 2. The first-order valence-corrected chi connectivity index (χ1v) is 7.06. The monoisotopic (exact) mass is 264 g/mol. The molecule has 2 N–H and O–H groups in total. The van der Waals surface area contributed by atoms with Crippen molar-refractivity contribution in [2.45, 2.75) is 45.8 Å². The third-order valence-electron chi connectivity index (χ3n) is 4.03. The van der Waals surface area contributed by atoms with Crippen molar-refractivity contribution >= 4 is 5.82 Å². The van der Waals surface area contributed by atoms with Crippen molar-refractivity contribution in [1.29, 1.82) is 0 Å². The lowest BCUT2D eigenvalue weighted by atomic mass is 10.0. The Balaban J connectivity index is 2.35. The van der Waals surface area contributed by atoms with Crippen molar-refractivity contribution in [3.8, 4) is 0 Å². The van der Waals surface area contributed by atoms with E-state index < -0.39 is 0 Å². The van der Waals surface area contributed by atoms with Crippen LogP contribution in [0.3, 0.4) is 0 Å². The summed E-state index contributed by atoms with van der Waals surface area (Å²) in [5, 5.41) is 18.9. The molecule has 0 aromatic carbocycles. The molecule has 1 aromatic rings. The van der Waals surface area contributed by atoms with Crippen molar-refractivity contribution < 1.29 is 10.2 Å². The second-order valence-corrected chi connectivity index (χ2v) is 5.78. The van der Waals surface area contributed by atoms with Crippen LogP contribution in [0.5, 0.6) is 0 Å². The second-order valence-electron chi connectivity index (χ2n) is 5.78. The van der Waals surface area contributed by atoms with Gasteiger partial charge in [-0.2, -0.15) is 0 Å². The molecule has 1 aromatic heterocycles. The third-order valence-corrected chi connectivity index (χ3v) is 4.03. The number of hydrogen-bond acceptors (Lipinski definition) is 4. The number of pyridine rings is 1. The number of rotatable bonds is 4. The van der Waals surface area contributed by atoms with Gasteiger partial charge in [0.05, 0.1) is 19.3 Å². The number of aliphatic hydroxyl groups excluding tert-OH is 2. The normalized spacial score (nSPS) is 23.4. The maximum Gasteiger partial charge on any atom is 0.129 e. The lowest BCUT2D eigenvalue weighted by molar-refractivity contribution is 0.244. The maximum absolute atomic E-state index is 9.55. The fraction of sp³-hybridized carbons (Fsp3) is 0.667. The summed E-state index contributed by atoms with van der Waals surface area (Å²) in [5.41, 5.74) is 1.89. The number of nitrogens with zero attached hydrogens (tertiary/aromatic N) is 2. The summed E-state index contributed by atoms with van der Waals surface area (Å²) >= 11 is 0. The van der Waals surface area contributed by atoms with Crippen LogP contribution in [0.25, 0.3) is 0 Å². The molecule has 0 aliphatic carbocycles. The van der Waals surface area contributed by atoms with Gasteiger partial charge in [0.1, 0.15) is 5.82 Å². The summed E-state index contributed by atoms with van der Waals surface area (Å²) in [5.74, 6) is 1.70. The molecular weight excluding hydrogens is 240 g/mol. The predicted molar refractivity (Wildman–Crippen MR) is 76.2 cm³/mol. The van der Waals surface area contributed by atoms with Gasteiger partial charge in [0.15, 0.2) is 0 Å². The zero-order chi connectivity index (χ0) is 14.0. The van der Waals surface area contributed by atoms with Crippen molar-refractivity contribution in [1.82, 2.24) is 4.98 Å². The molecule has 106 valence electrons. The van der Waals surface area contributed by atoms with E-state index in [4.69, 9.17) is 4.98 Å². The molecular formula is C15H24N2O2. The van der Waals surface area contributed by atoms with E-state index in [1.165, 1.54) is 0 Å². The molecule has 2 rings (SSSR count). The van der Waals surface area contributed by atoms with Crippen molar-refractivity contribution in [2.75, 3.05) is 18.1 Å². The van der Waals surface area contributed by atoms with Crippen LogP contribution in [0.15, 0.2) is 12.1 Å². The Labute approximate surface area is 115 Å². The highest BCUT2D eigenvalue weighted by atomic mass is 16.3. The van der Waals surface area contributed by atoms with Gasteiger partial charge >= 0.3 is 0 Å². The van der Waals surface area contributed by atoms with E-state index in [9.17, 15) is 10.2 Å². The summed E-state index contributed by atoms with van der Waals surface area (Å²) < 4.78 is 0. The molecule has 0 saturated carbocycles. The van der Waals surface area contributed by atoms with E-state index in [-0.39, 0.29) is 19.3 Å². The predicted octanol–water partition coefficient (Wildman–Crippen LogP) is 1.90. The number of aromatic nitrogens is 1. The minimum atomic E-state index is 0.0302. The lowest BCUT2D eigenvalue weighted by Crippen LogP contribution is -2.36. The molecule has 4 nitrogen and oxygen atoms in total. The molecule has 4 heteroatoms. The Hall–Kier alpha value is -1.13. The molecule has 1 aliphatic heterocycles. The first-order valence-electron chi connectivity index (χ1n) is 7.06. The molecule has 2 unspecified atom stereocenters. The first-order chi connectivity index (χ1) is 9.06. The zero-order valence-electron chi connectivity index (χ0n) is 12.0. The average Bonchev–Trinajstić information content (AvgIpc) is 2.79. The Morgan fingerprint density at radius 1 is 1.37 bits per heavy atom. The van der Waals surface area contributed by atoms with E-state index >= 15 is 0 Å². The molecule has 1 aliphatic rings. The first kappa shape index (κ1) is 14.3. The van der Waals surface area contributed by atoms with Crippen LogP contribution in [0, 0.1) is 5.92 Å². The van der Waals surface area contributed by atoms with Crippen LogP contribution in [-0.4, -0.2) is 34.4 Å². The van der Waals surface area contributed by atoms with Gasteiger partial charge < -0.3 is 15.1 Å². The van der Waals surface area contributed by atoms with Gasteiger partial charge in [0, 0.05) is 12.2 Å². The van der Waals surface area contributed by atoms with Gasteiger partial charge in [-0.1, -0.05) is 20.8 Å². The fourth-order valence-electron chi connectivity index (χ4n) is 2.70. The van der Waals surface area contributed by atoms with E-state index in [0.717, 1.165) is 30.0 Å². The van der Waals surface area contributed by atoms with Gasteiger partial charge in [-0.05, 0) is 36.0 Å². The molecule has 2 heterocycles. The summed E-state index contributed by atoms with van der Waals surface area (Å²) in [6, 6.07) is 4.04. The average molecular weight is 264 g/mol. The van der Waals surface area contributed by atoms with Gasteiger partial charge in [-0.3, -0.25) is 0 Å². The highest BCUT2D eigenvalue weighted by Crippen LogP contribution is 2.30. The SMILES string of the molecule is CC(C)c1cc(CO)cc(N2CCC(C)C2CO)n1. The summed E-state index contributed by atoms with van der Waals surface area (Å²) in [7, 11) is 0. The molecule has 0 spiro atoms. The molecule has 0 amide bonds. The number of hydrogen-bond donors (Lipinski definition) is 2. The zero-order valence-corrected chi connectivity index (χ0v) is 12.0. The third kappa shape index (κ3) is 2.90. The quantitative estimate of drug-likeness (QED) is 0.872. The Morgan fingerprint density at radius 2 is 2.11 bits per heavy atom. The molecule has 0 bridgehead atoms. The molecule has 19 heavy (non-hydrogen) atoms. The van der Waals surface area contributed by atoms with Gasteiger partial charge in [0.25, 0.3) is 0 Å². The van der Waals surface area contributed by atoms with Crippen LogP contribution in [0.2, 0.25) is 0 Å². The Morgan fingerprint density at radius 3 is 2.68 bits per heavy atom. The van der Waals surface area contributed by atoms with E-state index in [1.807, 2.05) is 12.1 Å². The minimum Gasteiger partial charge on any atom is -0.394 e. The molecule has 1 saturated heterocycles. The van der Waals surface area contributed by atoms with Crippen molar-refractivity contribution in [3.05, 3.63) is 23.4 Å². The maximum atomic E-state index is 9.55. The molecule has 2 atom stereocenters. The number of anilines is 1. The van der Waals surface area contributed by atoms with Crippen LogP contribution >= 0.6 is 0 Å². The second kappa shape index (κ2) is 5.88. The highest BCUT2D eigenvalue weighted by molar-refractivity contribution is 5.45. The van der Waals surface area contributed by atoms with Crippen LogP contribution in [0.4, 0.5) is 5.82 Å².